The first-order chi connectivity index (χ1) is 9.13. The minimum atomic E-state index is -0.352. The van der Waals surface area contributed by atoms with Gasteiger partial charge in [-0.15, -0.1) is 0 Å². The first-order valence-electron chi connectivity index (χ1n) is 6.60. The van der Waals surface area contributed by atoms with Crippen molar-refractivity contribution in [1.29, 1.82) is 0 Å². The zero-order valence-electron chi connectivity index (χ0n) is 11.0. The molecule has 1 aromatic rings. The van der Waals surface area contributed by atoms with Gasteiger partial charge in [0.05, 0.1) is 5.56 Å². The summed E-state index contributed by atoms with van der Waals surface area (Å²) < 4.78 is 13.8. The third kappa shape index (κ3) is 3.39. The fraction of sp³-hybridized carbons (Fsp3) is 0.500. The molecule has 1 fully saturated rings. The standard InChI is InChI=1S/C14H19FN2S2/c1-2-19-12-8-4-6-10(12)17-11-7-3-5-9(15)13(11)14(16)18/h3,5,7,10,12,17H,2,4,6,8H2,1H3,(H2,16,18). The second kappa shape index (κ2) is 6.57. The first-order valence-corrected chi connectivity index (χ1v) is 8.05. The summed E-state index contributed by atoms with van der Waals surface area (Å²) in [6, 6.07) is 5.31. The molecule has 2 rings (SSSR count). The van der Waals surface area contributed by atoms with Crippen LogP contribution in [0.2, 0.25) is 0 Å². The van der Waals surface area contributed by atoms with Crippen molar-refractivity contribution in [2.24, 2.45) is 5.73 Å². The van der Waals surface area contributed by atoms with E-state index in [4.69, 9.17) is 18.0 Å². The molecule has 1 aromatic carbocycles. The molecule has 0 bridgehead atoms. The summed E-state index contributed by atoms with van der Waals surface area (Å²) in [4.78, 5) is 0.110. The molecule has 1 aliphatic rings. The van der Waals surface area contributed by atoms with Gasteiger partial charge in [-0.05, 0) is 30.7 Å². The third-order valence-electron chi connectivity index (χ3n) is 3.43. The van der Waals surface area contributed by atoms with Crippen molar-refractivity contribution >= 4 is 34.7 Å². The maximum Gasteiger partial charge on any atom is 0.135 e. The lowest BCUT2D eigenvalue weighted by molar-refractivity contribution is 0.625. The lowest BCUT2D eigenvalue weighted by Gasteiger charge is -2.23. The topological polar surface area (TPSA) is 38.0 Å². The number of rotatable bonds is 5. The van der Waals surface area contributed by atoms with Gasteiger partial charge in [-0.25, -0.2) is 4.39 Å². The molecule has 1 aliphatic carbocycles. The number of thioether (sulfide) groups is 1. The Morgan fingerprint density at radius 3 is 3.00 bits per heavy atom. The van der Waals surface area contributed by atoms with Gasteiger partial charge in [-0.3, -0.25) is 0 Å². The minimum Gasteiger partial charge on any atom is -0.389 e. The number of nitrogens with two attached hydrogens (primary N) is 1. The molecule has 0 radical (unpaired) electrons. The van der Waals surface area contributed by atoms with E-state index in [0.29, 0.717) is 16.9 Å². The van der Waals surface area contributed by atoms with Gasteiger partial charge >= 0.3 is 0 Å². The summed E-state index contributed by atoms with van der Waals surface area (Å²) in [5.41, 5.74) is 6.69. The highest BCUT2D eigenvalue weighted by Crippen LogP contribution is 2.33. The van der Waals surface area contributed by atoms with E-state index in [1.807, 2.05) is 17.8 Å². The maximum atomic E-state index is 13.8. The SMILES string of the molecule is CCSC1CCCC1Nc1cccc(F)c1C(N)=S. The van der Waals surface area contributed by atoms with Crippen LogP contribution in [0.5, 0.6) is 0 Å². The molecule has 5 heteroatoms. The molecular formula is C14H19FN2S2. The maximum absolute atomic E-state index is 13.8. The Morgan fingerprint density at radius 2 is 2.32 bits per heavy atom. The monoisotopic (exact) mass is 298 g/mol. The fourth-order valence-electron chi connectivity index (χ4n) is 2.60. The second-order valence-corrected chi connectivity index (χ2v) is 6.66. The van der Waals surface area contributed by atoms with Crippen LogP contribution in [0.1, 0.15) is 31.7 Å². The molecule has 2 unspecified atom stereocenters. The van der Waals surface area contributed by atoms with E-state index in [1.165, 1.54) is 18.9 Å². The predicted molar refractivity (Wildman–Crippen MR) is 85.5 cm³/mol. The van der Waals surface area contributed by atoms with Crippen LogP contribution in [-0.2, 0) is 0 Å². The molecule has 3 N–H and O–H groups in total. The summed E-state index contributed by atoms with van der Waals surface area (Å²) in [6.45, 7) is 2.17. The van der Waals surface area contributed by atoms with E-state index in [2.05, 4.69) is 12.2 Å². The average Bonchev–Trinajstić information content (AvgIpc) is 2.77. The van der Waals surface area contributed by atoms with Crippen molar-refractivity contribution in [2.45, 2.75) is 37.5 Å². The molecule has 0 saturated heterocycles. The van der Waals surface area contributed by atoms with Crippen molar-refractivity contribution < 1.29 is 4.39 Å². The van der Waals surface area contributed by atoms with Crippen LogP contribution in [-0.4, -0.2) is 22.0 Å². The molecule has 2 nitrogen and oxygen atoms in total. The largest absolute Gasteiger partial charge is 0.389 e. The van der Waals surface area contributed by atoms with E-state index < -0.39 is 0 Å². The molecule has 19 heavy (non-hydrogen) atoms. The number of hydrogen-bond donors (Lipinski definition) is 2. The van der Waals surface area contributed by atoms with Crippen LogP contribution < -0.4 is 11.1 Å². The minimum absolute atomic E-state index is 0.110. The Kier molecular flexibility index (Phi) is 5.05. The molecule has 0 aliphatic heterocycles. The van der Waals surface area contributed by atoms with Crippen molar-refractivity contribution in [1.82, 2.24) is 0 Å². The number of benzene rings is 1. The number of hydrogen-bond acceptors (Lipinski definition) is 3. The highest BCUT2D eigenvalue weighted by atomic mass is 32.2. The van der Waals surface area contributed by atoms with Gasteiger partial charge < -0.3 is 11.1 Å². The van der Waals surface area contributed by atoms with Crippen molar-refractivity contribution in [3.8, 4) is 0 Å². The number of thiocarbonyl (C=S) groups is 1. The zero-order chi connectivity index (χ0) is 13.8. The van der Waals surface area contributed by atoms with Gasteiger partial charge in [0.1, 0.15) is 10.8 Å². The van der Waals surface area contributed by atoms with Crippen LogP contribution >= 0.6 is 24.0 Å². The predicted octanol–water partition coefficient (Wildman–Crippen LogP) is 3.55. The molecule has 1 saturated carbocycles. The van der Waals surface area contributed by atoms with Crippen molar-refractivity contribution in [2.75, 3.05) is 11.1 Å². The number of anilines is 1. The fourth-order valence-corrected chi connectivity index (χ4v) is 4.00. The number of halogens is 1. The van der Waals surface area contributed by atoms with E-state index in [0.717, 1.165) is 17.9 Å². The highest BCUT2D eigenvalue weighted by Gasteiger charge is 2.28. The summed E-state index contributed by atoms with van der Waals surface area (Å²) >= 11 is 6.92. The van der Waals surface area contributed by atoms with Crippen LogP contribution in [0.15, 0.2) is 18.2 Å². The van der Waals surface area contributed by atoms with Crippen LogP contribution in [0.4, 0.5) is 10.1 Å². The molecule has 0 heterocycles. The van der Waals surface area contributed by atoms with Crippen LogP contribution in [0.3, 0.4) is 0 Å². The molecule has 2 atom stereocenters. The summed E-state index contributed by atoms with van der Waals surface area (Å²) in [7, 11) is 0. The molecule has 0 amide bonds. The smallest absolute Gasteiger partial charge is 0.135 e. The normalized spacial score (nSPS) is 22.4. The van der Waals surface area contributed by atoms with E-state index in [9.17, 15) is 4.39 Å². The number of nitrogens with one attached hydrogen (secondary N) is 1. The summed E-state index contributed by atoms with van der Waals surface area (Å²) in [6.07, 6.45) is 3.55. The lowest BCUT2D eigenvalue weighted by Crippen LogP contribution is -2.28. The Balaban J connectivity index is 2.19. The van der Waals surface area contributed by atoms with Gasteiger partial charge in [-0.2, -0.15) is 11.8 Å². The Bertz CT molecular complexity index is 465. The quantitative estimate of drug-likeness (QED) is 0.815. The van der Waals surface area contributed by atoms with Gasteiger partial charge in [0.25, 0.3) is 0 Å². The molecule has 104 valence electrons. The van der Waals surface area contributed by atoms with E-state index >= 15 is 0 Å². The lowest BCUT2D eigenvalue weighted by atomic mass is 10.1. The Hall–Kier alpha value is -0.810. The van der Waals surface area contributed by atoms with Crippen molar-refractivity contribution in [3.63, 3.8) is 0 Å². The zero-order valence-corrected chi connectivity index (χ0v) is 12.6. The average molecular weight is 298 g/mol. The van der Waals surface area contributed by atoms with Gasteiger partial charge in [-0.1, -0.05) is 31.6 Å². The Morgan fingerprint density at radius 1 is 1.53 bits per heavy atom. The summed E-state index contributed by atoms with van der Waals surface area (Å²) in [5.74, 6) is 0.754. The van der Waals surface area contributed by atoms with E-state index in [1.54, 1.807) is 6.07 Å². The van der Waals surface area contributed by atoms with Crippen molar-refractivity contribution in [3.05, 3.63) is 29.6 Å². The van der Waals surface area contributed by atoms with Crippen LogP contribution in [0, 0.1) is 5.82 Å². The Labute approximate surface area is 123 Å². The molecular weight excluding hydrogens is 279 g/mol. The first kappa shape index (κ1) is 14.6. The van der Waals surface area contributed by atoms with Gasteiger partial charge in [0.15, 0.2) is 0 Å². The third-order valence-corrected chi connectivity index (χ3v) is 4.96. The molecule has 0 spiro atoms. The van der Waals surface area contributed by atoms with Crippen LogP contribution in [0.25, 0.3) is 0 Å². The molecule has 0 aromatic heterocycles. The highest BCUT2D eigenvalue weighted by molar-refractivity contribution is 7.99. The second-order valence-electron chi connectivity index (χ2n) is 4.70. The van der Waals surface area contributed by atoms with Gasteiger partial charge in [0, 0.05) is 17.0 Å². The van der Waals surface area contributed by atoms with Gasteiger partial charge in [0.2, 0.25) is 0 Å². The van der Waals surface area contributed by atoms with E-state index in [-0.39, 0.29) is 10.8 Å². The summed E-state index contributed by atoms with van der Waals surface area (Å²) in [5, 5.41) is 4.03.